The van der Waals surface area contributed by atoms with E-state index in [9.17, 15) is 4.39 Å². The molecule has 0 atom stereocenters. The molecule has 0 radical (unpaired) electrons. The monoisotopic (exact) mass is 446 g/mol. The van der Waals surface area contributed by atoms with Gasteiger partial charge >= 0.3 is 0 Å². The summed E-state index contributed by atoms with van der Waals surface area (Å²) in [6.07, 6.45) is 2.49. The van der Waals surface area contributed by atoms with E-state index in [2.05, 4.69) is 15.2 Å². The van der Waals surface area contributed by atoms with Crippen LogP contribution in [0.1, 0.15) is 36.5 Å². The lowest BCUT2D eigenvalue weighted by Gasteiger charge is -2.18. The van der Waals surface area contributed by atoms with Crippen molar-refractivity contribution in [3.8, 4) is 22.5 Å². The molecule has 0 spiro atoms. The van der Waals surface area contributed by atoms with Gasteiger partial charge in [0.2, 0.25) is 0 Å². The molecule has 0 aliphatic carbocycles. The maximum Gasteiger partial charge on any atom is 0.164 e. The van der Waals surface area contributed by atoms with Crippen molar-refractivity contribution in [2.75, 3.05) is 37.2 Å². The maximum atomic E-state index is 14.4. The van der Waals surface area contributed by atoms with Crippen LogP contribution in [0.25, 0.3) is 22.5 Å². The topological polar surface area (TPSA) is 90.9 Å². The van der Waals surface area contributed by atoms with E-state index in [1.54, 1.807) is 13.0 Å². The normalized spacial score (nSPS) is 13.9. The van der Waals surface area contributed by atoms with Crippen molar-refractivity contribution >= 4 is 17.3 Å². The fourth-order valence-corrected chi connectivity index (χ4v) is 4.38. The summed E-state index contributed by atoms with van der Waals surface area (Å²) in [5, 5.41) is 11.5. The second-order valence-corrected chi connectivity index (χ2v) is 8.77. The molecule has 0 unspecified atom stereocenters. The average Bonchev–Trinajstić information content (AvgIpc) is 3.28. The van der Waals surface area contributed by atoms with Crippen LogP contribution in [0.4, 0.5) is 16.0 Å². The molecule has 2 aromatic carbocycles. The number of nitrogen functional groups attached to an aromatic ring is 1. The number of hydrogen-bond donors (Lipinski definition) is 3. The van der Waals surface area contributed by atoms with E-state index in [1.807, 2.05) is 38.1 Å². The Kier molecular flexibility index (Phi) is 6.70. The summed E-state index contributed by atoms with van der Waals surface area (Å²) in [5.41, 5.74) is 11.3. The largest absolute Gasteiger partial charge is 0.383 e. The molecule has 4 rings (SSSR count). The first kappa shape index (κ1) is 22.9. The molecule has 1 fully saturated rings. The summed E-state index contributed by atoms with van der Waals surface area (Å²) in [5.74, 6) is 1.11. The zero-order valence-corrected chi connectivity index (χ0v) is 19.5. The molecule has 0 saturated carbocycles. The minimum Gasteiger partial charge on any atom is -0.383 e. The number of halogens is 1. The van der Waals surface area contributed by atoms with Crippen molar-refractivity contribution in [1.82, 2.24) is 14.9 Å². The molecule has 4 N–H and O–H groups in total. The molecule has 33 heavy (non-hydrogen) atoms. The maximum absolute atomic E-state index is 14.4. The number of aromatic nitrogens is 2. The van der Waals surface area contributed by atoms with Crippen molar-refractivity contribution in [2.45, 2.75) is 33.6 Å². The SMILES string of the molecule is CC(=N)c1c(N)nc(-c2ccc(-c3cc(C)ccc3F)cc2C)nc1NCCN1CCCC1. The second kappa shape index (κ2) is 9.67. The minimum atomic E-state index is -0.247. The van der Waals surface area contributed by atoms with Crippen LogP contribution in [-0.4, -0.2) is 46.8 Å². The van der Waals surface area contributed by atoms with Crippen LogP contribution < -0.4 is 11.1 Å². The highest BCUT2D eigenvalue weighted by Gasteiger charge is 2.18. The highest BCUT2D eigenvalue weighted by atomic mass is 19.1. The first-order valence-corrected chi connectivity index (χ1v) is 11.4. The van der Waals surface area contributed by atoms with Gasteiger partial charge in [-0.1, -0.05) is 29.8 Å². The van der Waals surface area contributed by atoms with Gasteiger partial charge in [-0.05, 0) is 70.0 Å². The van der Waals surface area contributed by atoms with Gasteiger partial charge < -0.3 is 21.4 Å². The van der Waals surface area contributed by atoms with Crippen LogP contribution in [0.15, 0.2) is 36.4 Å². The Balaban J connectivity index is 1.65. The van der Waals surface area contributed by atoms with Crippen LogP contribution in [-0.2, 0) is 0 Å². The van der Waals surface area contributed by atoms with E-state index in [0.29, 0.717) is 28.5 Å². The van der Waals surface area contributed by atoms with Crippen molar-refractivity contribution in [1.29, 1.82) is 5.41 Å². The molecular weight excluding hydrogens is 415 g/mol. The zero-order chi connectivity index (χ0) is 23.5. The molecule has 1 saturated heterocycles. The molecule has 3 aromatic rings. The number of benzene rings is 2. The minimum absolute atomic E-state index is 0.247. The molecule has 6 nitrogen and oxygen atoms in total. The molecule has 1 aromatic heterocycles. The number of aryl methyl sites for hydroxylation is 2. The molecule has 0 amide bonds. The van der Waals surface area contributed by atoms with E-state index in [-0.39, 0.29) is 11.6 Å². The van der Waals surface area contributed by atoms with Crippen LogP contribution in [0.3, 0.4) is 0 Å². The fraction of sp³-hybridized carbons (Fsp3) is 0.346. The predicted octanol–water partition coefficient (Wildman–Crippen LogP) is 5.04. The molecule has 7 heteroatoms. The first-order chi connectivity index (χ1) is 15.8. The van der Waals surface area contributed by atoms with Crippen LogP contribution >= 0.6 is 0 Å². The summed E-state index contributed by atoms with van der Waals surface area (Å²) in [4.78, 5) is 11.7. The van der Waals surface area contributed by atoms with Crippen molar-refractivity contribution in [3.05, 3.63) is 58.9 Å². The van der Waals surface area contributed by atoms with Gasteiger partial charge in [-0.15, -0.1) is 0 Å². The van der Waals surface area contributed by atoms with Gasteiger partial charge in [-0.3, -0.25) is 0 Å². The summed E-state index contributed by atoms with van der Waals surface area (Å²) >= 11 is 0. The fourth-order valence-electron chi connectivity index (χ4n) is 4.38. The van der Waals surface area contributed by atoms with E-state index in [4.69, 9.17) is 16.1 Å². The summed E-state index contributed by atoms with van der Waals surface area (Å²) in [6, 6.07) is 10.9. The van der Waals surface area contributed by atoms with Gasteiger partial charge in [-0.25, -0.2) is 14.4 Å². The third-order valence-corrected chi connectivity index (χ3v) is 6.13. The zero-order valence-electron chi connectivity index (χ0n) is 19.5. The summed E-state index contributed by atoms with van der Waals surface area (Å²) in [7, 11) is 0. The number of likely N-dealkylation sites (tertiary alicyclic amines) is 1. The number of hydrogen-bond acceptors (Lipinski definition) is 6. The number of anilines is 2. The quantitative estimate of drug-likeness (QED) is 0.442. The third-order valence-electron chi connectivity index (χ3n) is 6.13. The lowest BCUT2D eigenvalue weighted by atomic mass is 9.98. The van der Waals surface area contributed by atoms with E-state index in [1.165, 1.54) is 18.9 Å². The number of nitrogens with one attached hydrogen (secondary N) is 2. The summed E-state index contributed by atoms with van der Waals surface area (Å²) < 4.78 is 14.4. The highest BCUT2D eigenvalue weighted by Crippen LogP contribution is 2.31. The second-order valence-electron chi connectivity index (χ2n) is 8.77. The Morgan fingerprint density at radius 2 is 1.85 bits per heavy atom. The summed E-state index contributed by atoms with van der Waals surface area (Å²) in [6.45, 7) is 9.50. The van der Waals surface area contributed by atoms with Gasteiger partial charge in [0, 0.05) is 29.9 Å². The average molecular weight is 447 g/mol. The molecular formula is C26H31FN6. The Morgan fingerprint density at radius 3 is 2.55 bits per heavy atom. The van der Waals surface area contributed by atoms with E-state index < -0.39 is 0 Å². The highest BCUT2D eigenvalue weighted by molar-refractivity contribution is 6.04. The van der Waals surface area contributed by atoms with E-state index >= 15 is 0 Å². The molecule has 1 aliphatic heterocycles. The van der Waals surface area contributed by atoms with Gasteiger partial charge in [0.25, 0.3) is 0 Å². The lowest BCUT2D eigenvalue weighted by molar-refractivity contribution is 0.352. The Labute approximate surface area is 194 Å². The Hall–Kier alpha value is -3.32. The first-order valence-electron chi connectivity index (χ1n) is 11.4. The number of nitrogens with zero attached hydrogens (tertiary/aromatic N) is 3. The number of nitrogens with two attached hydrogens (primary N) is 1. The van der Waals surface area contributed by atoms with Crippen molar-refractivity contribution in [2.24, 2.45) is 0 Å². The molecule has 172 valence electrons. The molecule has 2 heterocycles. The smallest absolute Gasteiger partial charge is 0.164 e. The lowest BCUT2D eigenvalue weighted by Crippen LogP contribution is -2.26. The molecule has 0 bridgehead atoms. The van der Waals surface area contributed by atoms with Gasteiger partial charge in [0.05, 0.1) is 5.56 Å². The van der Waals surface area contributed by atoms with Crippen molar-refractivity contribution < 1.29 is 4.39 Å². The van der Waals surface area contributed by atoms with Crippen molar-refractivity contribution in [3.63, 3.8) is 0 Å². The Morgan fingerprint density at radius 1 is 1.09 bits per heavy atom. The molecule has 1 aliphatic rings. The number of rotatable bonds is 7. The Bertz CT molecular complexity index is 1180. The predicted molar refractivity (Wildman–Crippen MR) is 133 cm³/mol. The van der Waals surface area contributed by atoms with Gasteiger partial charge in [-0.2, -0.15) is 0 Å². The van der Waals surface area contributed by atoms with Crippen LogP contribution in [0, 0.1) is 25.1 Å². The standard InChI is InChI=1S/C26H31FN6/c1-16-6-9-22(27)21(14-16)19-7-8-20(17(2)15-19)25-31-24(29)23(18(3)28)26(32-25)30-10-13-33-11-4-5-12-33/h6-9,14-15,28H,4-5,10-13H2,1-3H3,(H3,29,30,31,32). The van der Waals surface area contributed by atoms with Gasteiger partial charge in [0.15, 0.2) is 5.82 Å². The van der Waals surface area contributed by atoms with Gasteiger partial charge in [0.1, 0.15) is 17.5 Å². The van der Waals surface area contributed by atoms with E-state index in [0.717, 1.165) is 48.4 Å². The van der Waals surface area contributed by atoms with Crippen LogP contribution in [0.2, 0.25) is 0 Å². The van der Waals surface area contributed by atoms with Crippen LogP contribution in [0.5, 0.6) is 0 Å². The third kappa shape index (κ3) is 5.03.